The third kappa shape index (κ3) is 1.64. The van der Waals surface area contributed by atoms with Gasteiger partial charge in [0.25, 0.3) is 0 Å². The monoisotopic (exact) mass is 149 g/mol. The fraction of sp³-hybridized carbons (Fsp3) is 0.286. The van der Waals surface area contributed by atoms with Crippen molar-refractivity contribution in [1.82, 2.24) is 9.78 Å². The zero-order chi connectivity index (χ0) is 8.27. The van der Waals surface area contributed by atoms with Gasteiger partial charge in [0.15, 0.2) is 5.78 Å². The van der Waals surface area contributed by atoms with Crippen molar-refractivity contribution in [2.24, 2.45) is 7.05 Å². The van der Waals surface area contributed by atoms with Crippen LogP contribution in [0, 0.1) is 11.3 Å². The van der Waals surface area contributed by atoms with Gasteiger partial charge in [0.1, 0.15) is 12.1 Å². The van der Waals surface area contributed by atoms with E-state index in [0.717, 1.165) is 0 Å². The molecule has 0 aliphatic carbocycles. The van der Waals surface area contributed by atoms with Crippen molar-refractivity contribution in [2.45, 2.75) is 6.42 Å². The molecule has 0 N–H and O–H groups in total. The van der Waals surface area contributed by atoms with Gasteiger partial charge in [-0.3, -0.25) is 9.48 Å². The first kappa shape index (κ1) is 7.48. The minimum absolute atomic E-state index is 0.100. The molecule has 1 aromatic rings. The smallest absolute Gasteiger partial charge is 0.197 e. The van der Waals surface area contributed by atoms with Crippen molar-refractivity contribution in [3.63, 3.8) is 0 Å². The lowest BCUT2D eigenvalue weighted by Crippen LogP contribution is -1.99. The summed E-state index contributed by atoms with van der Waals surface area (Å²) in [5, 5.41) is 12.0. The SMILES string of the molecule is Cn1ccc(C(=O)CC#N)n1. The Morgan fingerprint density at radius 1 is 1.91 bits per heavy atom. The lowest BCUT2D eigenvalue weighted by Gasteiger charge is -1.86. The van der Waals surface area contributed by atoms with Crippen LogP contribution in [0.25, 0.3) is 0 Å². The minimum atomic E-state index is -0.229. The second-order valence-corrected chi connectivity index (χ2v) is 2.13. The van der Waals surface area contributed by atoms with Crippen LogP contribution in [0.3, 0.4) is 0 Å². The fourth-order valence-electron chi connectivity index (χ4n) is 0.726. The van der Waals surface area contributed by atoms with Crippen molar-refractivity contribution in [3.8, 4) is 6.07 Å². The topological polar surface area (TPSA) is 58.7 Å². The Balaban J connectivity index is 2.78. The van der Waals surface area contributed by atoms with E-state index in [-0.39, 0.29) is 12.2 Å². The van der Waals surface area contributed by atoms with E-state index in [1.165, 1.54) is 4.68 Å². The number of aryl methyl sites for hydroxylation is 1. The molecule has 0 aromatic carbocycles. The van der Waals surface area contributed by atoms with E-state index in [2.05, 4.69) is 5.10 Å². The molecule has 0 amide bonds. The molecule has 0 fully saturated rings. The number of Topliss-reactive ketones (excluding diaryl/α,β-unsaturated/α-hetero) is 1. The van der Waals surface area contributed by atoms with Crippen LogP contribution in [0.15, 0.2) is 12.3 Å². The van der Waals surface area contributed by atoms with Gasteiger partial charge in [-0.2, -0.15) is 10.4 Å². The molecular formula is C7H7N3O. The predicted molar refractivity (Wildman–Crippen MR) is 37.8 cm³/mol. The van der Waals surface area contributed by atoms with E-state index >= 15 is 0 Å². The van der Waals surface area contributed by atoms with Gasteiger partial charge in [-0.25, -0.2) is 0 Å². The molecule has 4 heteroatoms. The van der Waals surface area contributed by atoms with Crippen molar-refractivity contribution >= 4 is 5.78 Å². The van der Waals surface area contributed by atoms with Crippen molar-refractivity contribution in [1.29, 1.82) is 5.26 Å². The van der Waals surface area contributed by atoms with Crippen LogP contribution >= 0.6 is 0 Å². The highest BCUT2D eigenvalue weighted by atomic mass is 16.1. The highest BCUT2D eigenvalue weighted by Gasteiger charge is 2.06. The van der Waals surface area contributed by atoms with E-state index in [0.29, 0.717) is 5.69 Å². The number of nitrogens with zero attached hydrogens (tertiary/aromatic N) is 3. The summed E-state index contributed by atoms with van der Waals surface area (Å²) in [5.74, 6) is -0.229. The van der Waals surface area contributed by atoms with Gasteiger partial charge in [0, 0.05) is 13.2 Å². The lowest BCUT2D eigenvalue weighted by atomic mass is 10.2. The molecule has 0 spiro atoms. The maximum Gasteiger partial charge on any atom is 0.197 e. The van der Waals surface area contributed by atoms with Crippen molar-refractivity contribution in [2.75, 3.05) is 0 Å². The molecular weight excluding hydrogens is 142 g/mol. The molecule has 4 nitrogen and oxygen atoms in total. The Morgan fingerprint density at radius 3 is 3.09 bits per heavy atom. The van der Waals surface area contributed by atoms with Crippen LogP contribution < -0.4 is 0 Å². The number of rotatable bonds is 2. The summed E-state index contributed by atoms with van der Waals surface area (Å²) in [4.78, 5) is 11.0. The van der Waals surface area contributed by atoms with Gasteiger partial charge in [0.05, 0.1) is 6.07 Å². The normalized spacial score (nSPS) is 9.09. The number of ketones is 1. The van der Waals surface area contributed by atoms with E-state index in [1.54, 1.807) is 25.4 Å². The molecule has 0 radical (unpaired) electrons. The van der Waals surface area contributed by atoms with Gasteiger partial charge in [-0.05, 0) is 6.07 Å². The summed E-state index contributed by atoms with van der Waals surface area (Å²) in [7, 11) is 1.73. The molecule has 0 bridgehead atoms. The highest BCUT2D eigenvalue weighted by Crippen LogP contribution is 1.97. The summed E-state index contributed by atoms with van der Waals surface area (Å²) < 4.78 is 1.53. The molecule has 0 saturated carbocycles. The van der Waals surface area contributed by atoms with E-state index in [4.69, 9.17) is 5.26 Å². The van der Waals surface area contributed by atoms with Gasteiger partial charge in [0.2, 0.25) is 0 Å². The van der Waals surface area contributed by atoms with Crippen molar-refractivity contribution < 1.29 is 4.79 Å². The quantitative estimate of drug-likeness (QED) is 0.576. The Morgan fingerprint density at radius 2 is 2.64 bits per heavy atom. The van der Waals surface area contributed by atoms with Crippen LogP contribution in [0.4, 0.5) is 0 Å². The Hall–Kier alpha value is -1.63. The number of hydrogen-bond donors (Lipinski definition) is 0. The average molecular weight is 149 g/mol. The number of aromatic nitrogens is 2. The molecule has 0 aliphatic rings. The summed E-state index contributed by atoms with van der Waals surface area (Å²) in [6, 6.07) is 3.37. The highest BCUT2D eigenvalue weighted by molar-refractivity contribution is 5.95. The number of hydrogen-bond acceptors (Lipinski definition) is 3. The lowest BCUT2D eigenvalue weighted by molar-refractivity contribution is 0.0992. The first-order valence-corrected chi connectivity index (χ1v) is 3.14. The molecule has 0 saturated heterocycles. The Bertz CT molecular complexity index is 308. The van der Waals surface area contributed by atoms with Crippen LogP contribution in [-0.2, 0) is 7.05 Å². The predicted octanol–water partition coefficient (Wildman–Crippen LogP) is 0.516. The summed E-state index contributed by atoms with van der Waals surface area (Å²) >= 11 is 0. The standard InChI is InChI=1S/C7H7N3O/c1-10-5-3-6(9-10)7(11)2-4-8/h3,5H,2H2,1H3. The molecule has 1 aromatic heterocycles. The van der Waals surface area contributed by atoms with Crippen LogP contribution in [0.2, 0.25) is 0 Å². The summed E-state index contributed by atoms with van der Waals surface area (Å²) in [6.45, 7) is 0. The first-order chi connectivity index (χ1) is 5.24. The molecule has 56 valence electrons. The van der Waals surface area contributed by atoms with Crippen LogP contribution in [0.5, 0.6) is 0 Å². The molecule has 0 atom stereocenters. The van der Waals surface area contributed by atoms with Crippen LogP contribution in [-0.4, -0.2) is 15.6 Å². The third-order valence-corrected chi connectivity index (χ3v) is 1.24. The zero-order valence-electron chi connectivity index (χ0n) is 6.11. The van der Waals surface area contributed by atoms with Crippen molar-refractivity contribution in [3.05, 3.63) is 18.0 Å². The van der Waals surface area contributed by atoms with Gasteiger partial charge in [-0.15, -0.1) is 0 Å². The second kappa shape index (κ2) is 2.97. The molecule has 1 rings (SSSR count). The molecule has 11 heavy (non-hydrogen) atoms. The maximum absolute atomic E-state index is 11.0. The number of carbonyl (C=O) groups is 1. The van der Waals surface area contributed by atoms with E-state index in [9.17, 15) is 4.79 Å². The van der Waals surface area contributed by atoms with E-state index in [1.807, 2.05) is 0 Å². The second-order valence-electron chi connectivity index (χ2n) is 2.13. The van der Waals surface area contributed by atoms with Gasteiger partial charge in [-0.1, -0.05) is 0 Å². The number of nitriles is 1. The molecule has 0 aliphatic heterocycles. The van der Waals surface area contributed by atoms with E-state index < -0.39 is 0 Å². The Kier molecular flexibility index (Phi) is 2.02. The van der Waals surface area contributed by atoms with Gasteiger partial charge < -0.3 is 0 Å². The summed E-state index contributed by atoms with van der Waals surface area (Å²) in [5.41, 5.74) is 0.356. The molecule has 1 heterocycles. The zero-order valence-corrected chi connectivity index (χ0v) is 6.11. The maximum atomic E-state index is 11.0. The average Bonchev–Trinajstić information content (AvgIpc) is 2.36. The summed E-state index contributed by atoms with van der Waals surface area (Å²) in [6.07, 6.45) is 1.57. The first-order valence-electron chi connectivity index (χ1n) is 3.14. The Labute approximate surface area is 64.1 Å². The third-order valence-electron chi connectivity index (χ3n) is 1.24. The largest absolute Gasteiger partial charge is 0.291 e. The minimum Gasteiger partial charge on any atom is -0.291 e. The number of carbonyl (C=O) groups excluding carboxylic acids is 1. The van der Waals surface area contributed by atoms with Crippen LogP contribution in [0.1, 0.15) is 16.9 Å². The fourth-order valence-corrected chi connectivity index (χ4v) is 0.726. The van der Waals surface area contributed by atoms with Gasteiger partial charge >= 0.3 is 0 Å². The molecule has 0 unspecified atom stereocenters.